The first-order valence-electron chi connectivity index (χ1n) is 4.98. The molecule has 1 rings (SSSR count). The maximum atomic E-state index is 12.5. The first-order chi connectivity index (χ1) is 8.20. The van der Waals surface area contributed by atoms with Gasteiger partial charge in [-0.2, -0.15) is 13.2 Å². The summed E-state index contributed by atoms with van der Waals surface area (Å²) in [5, 5.41) is 2.31. The fourth-order valence-corrected chi connectivity index (χ4v) is 2.43. The van der Waals surface area contributed by atoms with Crippen molar-refractivity contribution in [2.45, 2.75) is 25.6 Å². The van der Waals surface area contributed by atoms with Crippen LogP contribution in [-0.2, 0) is 4.79 Å². The van der Waals surface area contributed by atoms with Gasteiger partial charge in [0, 0.05) is 15.9 Å². The van der Waals surface area contributed by atoms with E-state index >= 15 is 0 Å². The number of halogens is 5. The molecule has 0 saturated carbocycles. The minimum atomic E-state index is -4.35. The molecule has 2 nitrogen and oxygen atoms in total. The Kier molecular flexibility index (Phi) is 5.21. The van der Waals surface area contributed by atoms with Gasteiger partial charge in [0.1, 0.15) is 0 Å². The maximum Gasteiger partial charge on any atom is 0.391 e. The quantitative estimate of drug-likeness (QED) is 0.819. The summed E-state index contributed by atoms with van der Waals surface area (Å²) in [6.45, 7) is 1.19. The monoisotopic (exact) mass is 387 g/mol. The van der Waals surface area contributed by atoms with Crippen molar-refractivity contribution in [1.82, 2.24) is 5.32 Å². The predicted octanol–water partition coefficient (Wildman–Crippen LogP) is 4.34. The molecule has 1 aromatic carbocycles. The molecule has 0 saturated heterocycles. The van der Waals surface area contributed by atoms with E-state index in [0.29, 0.717) is 14.5 Å². The van der Waals surface area contributed by atoms with Crippen LogP contribution in [0.25, 0.3) is 0 Å². The Morgan fingerprint density at radius 3 is 2.50 bits per heavy atom. The van der Waals surface area contributed by atoms with Crippen LogP contribution in [0.1, 0.15) is 24.9 Å². The van der Waals surface area contributed by atoms with E-state index in [0.717, 1.165) is 0 Å². The molecule has 0 aliphatic rings. The molecule has 0 aliphatic carbocycles. The van der Waals surface area contributed by atoms with Crippen molar-refractivity contribution < 1.29 is 18.0 Å². The van der Waals surface area contributed by atoms with Gasteiger partial charge in [-0.25, -0.2) is 0 Å². The summed E-state index contributed by atoms with van der Waals surface area (Å²) < 4.78 is 38.6. The third kappa shape index (κ3) is 4.61. The minimum Gasteiger partial charge on any atom is -0.349 e. The summed E-state index contributed by atoms with van der Waals surface area (Å²) in [5.41, 5.74) is 0.386. The van der Waals surface area contributed by atoms with Crippen molar-refractivity contribution in [1.29, 1.82) is 0 Å². The number of rotatable bonds is 3. The second-order valence-electron chi connectivity index (χ2n) is 3.72. The van der Waals surface area contributed by atoms with Gasteiger partial charge in [-0.15, -0.1) is 0 Å². The average molecular weight is 389 g/mol. The Bertz CT molecular complexity index is 448. The van der Waals surface area contributed by atoms with Gasteiger partial charge in [0.2, 0.25) is 5.91 Å². The molecule has 0 aromatic heterocycles. The van der Waals surface area contributed by atoms with Gasteiger partial charge in [0.25, 0.3) is 0 Å². The smallest absolute Gasteiger partial charge is 0.349 e. The highest BCUT2D eigenvalue weighted by Gasteiger charge is 2.34. The van der Waals surface area contributed by atoms with Crippen molar-refractivity contribution in [3.63, 3.8) is 0 Å². The highest BCUT2D eigenvalue weighted by Crippen LogP contribution is 2.36. The lowest BCUT2D eigenvalue weighted by molar-refractivity contribution is -0.142. The van der Waals surface area contributed by atoms with Crippen LogP contribution in [0.2, 0.25) is 0 Å². The zero-order chi connectivity index (χ0) is 13.9. The summed E-state index contributed by atoms with van der Waals surface area (Å²) in [6, 6.07) is 3.76. The highest BCUT2D eigenvalue weighted by atomic mass is 79.9. The maximum absolute atomic E-state index is 12.5. The topological polar surface area (TPSA) is 29.1 Å². The Labute approximate surface area is 119 Å². The lowest BCUT2D eigenvalue weighted by Gasteiger charge is -2.21. The first-order valence-corrected chi connectivity index (χ1v) is 6.57. The normalized spacial score (nSPS) is 13.2. The molecule has 1 atom stereocenters. The van der Waals surface area contributed by atoms with Gasteiger partial charge < -0.3 is 5.32 Å². The van der Waals surface area contributed by atoms with Gasteiger partial charge in [-0.3, -0.25) is 4.79 Å². The molecule has 100 valence electrons. The second kappa shape index (κ2) is 6.06. The van der Waals surface area contributed by atoms with Gasteiger partial charge in [0.15, 0.2) is 0 Å². The average Bonchev–Trinajstić information content (AvgIpc) is 2.18. The molecule has 0 fully saturated rings. The molecule has 0 radical (unpaired) electrons. The molecule has 1 N–H and O–H groups in total. The summed E-state index contributed by atoms with van der Waals surface area (Å²) in [4.78, 5) is 11.0. The van der Waals surface area contributed by atoms with Gasteiger partial charge >= 0.3 is 6.18 Å². The van der Waals surface area contributed by atoms with Crippen molar-refractivity contribution in [3.8, 4) is 0 Å². The van der Waals surface area contributed by atoms with Crippen LogP contribution in [0.4, 0.5) is 13.2 Å². The summed E-state index contributed by atoms with van der Waals surface area (Å²) in [7, 11) is 0. The van der Waals surface area contributed by atoms with E-state index in [1.807, 2.05) is 0 Å². The molecule has 1 aromatic rings. The molecule has 0 aliphatic heterocycles. The predicted molar refractivity (Wildman–Crippen MR) is 69.1 cm³/mol. The standard InChI is InChI=1S/C11H10Br2F3NO/c1-6(18)17-9(5-11(14,15)16)7-3-2-4-8(12)10(7)13/h2-4,9H,5H2,1H3,(H,17,18). The molecule has 0 heterocycles. The van der Waals surface area contributed by atoms with Gasteiger partial charge in [-0.1, -0.05) is 12.1 Å². The van der Waals surface area contributed by atoms with Crippen molar-refractivity contribution in [2.75, 3.05) is 0 Å². The van der Waals surface area contributed by atoms with E-state index in [-0.39, 0.29) is 0 Å². The molecule has 18 heavy (non-hydrogen) atoms. The van der Waals surface area contributed by atoms with Crippen LogP contribution < -0.4 is 5.32 Å². The Morgan fingerprint density at radius 1 is 1.39 bits per heavy atom. The third-order valence-electron chi connectivity index (χ3n) is 2.17. The number of carbonyl (C=O) groups excluding carboxylic acids is 1. The number of amides is 1. The number of nitrogens with one attached hydrogen (secondary N) is 1. The van der Waals surface area contributed by atoms with E-state index < -0.39 is 24.5 Å². The molecular formula is C11H10Br2F3NO. The number of hydrogen-bond donors (Lipinski definition) is 1. The van der Waals surface area contributed by atoms with Crippen LogP contribution in [0.3, 0.4) is 0 Å². The van der Waals surface area contributed by atoms with Crippen LogP contribution >= 0.6 is 31.9 Å². The molecule has 1 unspecified atom stereocenters. The zero-order valence-electron chi connectivity index (χ0n) is 9.31. The van der Waals surface area contributed by atoms with Crippen LogP contribution in [0.5, 0.6) is 0 Å². The fourth-order valence-electron chi connectivity index (χ4n) is 1.51. The van der Waals surface area contributed by atoms with E-state index in [1.54, 1.807) is 18.2 Å². The van der Waals surface area contributed by atoms with Crippen LogP contribution in [0.15, 0.2) is 27.1 Å². The molecule has 1 amide bonds. The highest BCUT2D eigenvalue weighted by molar-refractivity contribution is 9.13. The van der Waals surface area contributed by atoms with Crippen molar-refractivity contribution in [2.24, 2.45) is 0 Å². The Morgan fingerprint density at radius 2 is 2.00 bits per heavy atom. The lowest BCUT2D eigenvalue weighted by Crippen LogP contribution is -2.30. The second-order valence-corrected chi connectivity index (χ2v) is 5.36. The fraction of sp³-hybridized carbons (Fsp3) is 0.364. The van der Waals surface area contributed by atoms with E-state index in [9.17, 15) is 18.0 Å². The molecule has 0 spiro atoms. The van der Waals surface area contributed by atoms with Crippen molar-refractivity contribution in [3.05, 3.63) is 32.7 Å². The SMILES string of the molecule is CC(=O)NC(CC(F)(F)F)c1cccc(Br)c1Br. The number of benzene rings is 1. The van der Waals surface area contributed by atoms with Crippen LogP contribution in [0, 0.1) is 0 Å². The van der Waals surface area contributed by atoms with Gasteiger partial charge in [0.05, 0.1) is 12.5 Å². The Hall–Kier alpha value is -0.560. The third-order valence-corrected chi connectivity index (χ3v) is 4.25. The Balaban J connectivity index is 3.09. The van der Waals surface area contributed by atoms with E-state index in [2.05, 4.69) is 37.2 Å². The number of alkyl halides is 3. The van der Waals surface area contributed by atoms with Crippen LogP contribution in [-0.4, -0.2) is 12.1 Å². The van der Waals surface area contributed by atoms with E-state index in [4.69, 9.17) is 0 Å². The summed E-state index contributed by atoms with van der Waals surface area (Å²) >= 11 is 6.43. The molecular weight excluding hydrogens is 379 g/mol. The molecule has 7 heteroatoms. The zero-order valence-corrected chi connectivity index (χ0v) is 12.5. The van der Waals surface area contributed by atoms with E-state index in [1.165, 1.54) is 6.92 Å². The lowest BCUT2D eigenvalue weighted by atomic mass is 10.0. The minimum absolute atomic E-state index is 0.386. The van der Waals surface area contributed by atoms with Crippen molar-refractivity contribution >= 4 is 37.8 Å². The number of hydrogen-bond acceptors (Lipinski definition) is 1. The summed E-state index contributed by atoms with van der Waals surface area (Å²) in [6.07, 6.45) is -5.46. The first kappa shape index (κ1) is 15.5. The molecule has 0 bridgehead atoms. The largest absolute Gasteiger partial charge is 0.391 e. The summed E-state index contributed by atoms with van der Waals surface area (Å²) in [5.74, 6) is -0.504. The van der Waals surface area contributed by atoms with Gasteiger partial charge in [-0.05, 0) is 43.5 Å². The number of carbonyl (C=O) groups is 1.